The van der Waals surface area contributed by atoms with Crippen molar-refractivity contribution >= 4 is 27.6 Å². The predicted octanol–water partition coefficient (Wildman–Crippen LogP) is 1.65. The van der Waals surface area contributed by atoms with Crippen molar-refractivity contribution in [2.45, 2.75) is 69.7 Å². The van der Waals surface area contributed by atoms with Crippen molar-refractivity contribution in [3.05, 3.63) is 28.7 Å². The number of carbonyl (C=O) groups is 2. The fourth-order valence-corrected chi connectivity index (χ4v) is 6.16. The van der Waals surface area contributed by atoms with Crippen LogP contribution in [-0.2, 0) is 46.0 Å². The lowest BCUT2D eigenvalue weighted by atomic mass is 9.90. The van der Waals surface area contributed by atoms with E-state index in [2.05, 4.69) is 34.3 Å². The van der Waals surface area contributed by atoms with Crippen LogP contribution in [0.3, 0.4) is 0 Å². The van der Waals surface area contributed by atoms with Crippen LogP contribution in [0.15, 0.2) is 11.1 Å². The number of amides is 3. The second-order valence-electron chi connectivity index (χ2n) is 10.1. The molecule has 188 valence electrons. The van der Waals surface area contributed by atoms with Gasteiger partial charge in [-0.2, -0.15) is 5.10 Å². The lowest BCUT2D eigenvalue weighted by Gasteiger charge is -2.24. The van der Waals surface area contributed by atoms with Crippen LogP contribution in [0.1, 0.15) is 56.1 Å². The molecule has 0 radical (unpaired) electrons. The van der Waals surface area contributed by atoms with Gasteiger partial charge in [0.1, 0.15) is 0 Å². The Labute approximate surface area is 204 Å². The van der Waals surface area contributed by atoms with Gasteiger partial charge in [-0.25, -0.2) is 22.6 Å². The van der Waals surface area contributed by atoms with E-state index in [1.807, 2.05) is 0 Å². The Morgan fingerprint density at radius 2 is 2.03 bits per heavy atom. The van der Waals surface area contributed by atoms with Gasteiger partial charge in [0.2, 0.25) is 11.8 Å². The number of pyridine rings is 1. The third-order valence-corrected chi connectivity index (χ3v) is 8.32. The summed E-state index contributed by atoms with van der Waals surface area (Å²) in [6.45, 7) is 6.74. The van der Waals surface area contributed by atoms with E-state index in [1.165, 1.54) is 17.8 Å². The number of hydrogen-bond donors (Lipinski definition) is 3. The lowest BCUT2D eigenvalue weighted by Crippen LogP contribution is -2.37. The van der Waals surface area contributed by atoms with E-state index in [0.717, 1.165) is 54.6 Å². The lowest BCUT2D eigenvalue weighted by molar-refractivity contribution is -0.119. The summed E-state index contributed by atoms with van der Waals surface area (Å²) in [5.74, 6) is -0.112. The molecule has 0 bridgehead atoms. The van der Waals surface area contributed by atoms with Gasteiger partial charge in [-0.3, -0.25) is 9.78 Å². The van der Waals surface area contributed by atoms with Crippen molar-refractivity contribution in [3.63, 3.8) is 0 Å². The zero-order valence-electron chi connectivity index (χ0n) is 20.1. The summed E-state index contributed by atoms with van der Waals surface area (Å²) in [5, 5.41) is 9.68. The summed E-state index contributed by atoms with van der Waals surface area (Å²) in [5.41, 5.74) is 4.60. The fourth-order valence-electron chi connectivity index (χ4n) is 5.17. The molecule has 0 saturated carbocycles. The van der Waals surface area contributed by atoms with Crippen molar-refractivity contribution in [2.24, 2.45) is 5.92 Å². The fraction of sp³-hybridized carbons (Fsp3) is 0.565. The molecule has 12 heteroatoms. The molecule has 2 aliphatic carbocycles. The first-order valence-electron chi connectivity index (χ1n) is 11.9. The number of urea groups is 1. The zero-order chi connectivity index (χ0) is 25.0. The van der Waals surface area contributed by atoms with Crippen LogP contribution in [0.5, 0.6) is 5.88 Å². The standard InChI is InChI=1S/C23H30N6O5S/c1-13(30)24-9-14-11-29-21(34-12-14)18(10-25-29)35(32,33)28-22(31)27-19-15-5-4-6-17(15)26-20-16(19)7-8-23(20,2)3/h10,14H,4-9,11-12H2,1-3H3,(H,24,30)(H2,26,27,28,31). The van der Waals surface area contributed by atoms with Crippen LogP contribution in [0.2, 0.25) is 0 Å². The monoisotopic (exact) mass is 502 g/mol. The maximum Gasteiger partial charge on any atom is 0.333 e. The van der Waals surface area contributed by atoms with Crippen molar-refractivity contribution in [1.82, 2.24) is 24.8 Å². The van der Waals surface area contributed by atoms with E-state index in [4.69, 9.17) is 9.72 Å². The molecule has 1 atom stereocenters. The minimum absolute atomic E-state index is 0.0433. The molecule has 5 rings (SSSR count). The number of ether oxygens (including phenoxy) is 1. The number of anilines is 1. The minimum atomic E-state index is -4.23. The van der Waals surface area contributed by atoms with Crippen LogP contribution in [-0.4, -0.2) is 48.3 Å². The predicted molar refractivity (Wildman–Crippen MR) is 127 cm³/mol. The molecule has 3 N–H and O–H groups in total. The Morgan fingerprint density at radius 1 is 1.23 bits per heavy atom. The number of nitrogens with one attached hydrogen (secondary N) is 3. The van der Waals surface area contributed by atoms with E-state index in [1.54, 1.807) is 0 Å². The molecule has 2 aromatic heterocycles. The third kappa shape index (κ3) is 4.35. The van der Waals surface area contributed by atoms with Gasteiger partial charge in [0.05, 0.1) is 30.7 Å². The molecule has 0 fully saturated rings. The number of fused-ring (bicyclic) bond motifs is 3. The average molecular weight is 503 g/mol. The van der Waals surface area contributed by atoms with E-state index < -0.39 is 16.1 Å². The molecule has 1 unspecified atom stereocenters. The first kappa shape index (κ1) is 23.6. The quantitative estimate of drug-likeness (QED) is 0.564. The van der Waals surface area contributed by atoms with Crippen LogP contribution in [0.25, 0.3) is 0 Å². The Bertz CT molecular complexity index is 1320. The molecule has 3 heterocycles. The van der Waals surface area contributed by atoms with Crippen molar-refractivity contribution < 1.29 is 22.7 Å². The summed E-state index contributed by atoms with van der Waals surface area (Å²) in [7, 11) is -4.23. The van der Waals surface area contributed by atoms with Crippen molar-refractivity contribution in [2.75, 3.05) is 18.5 Å². The molecule has 35 heavy (non-hydrogen) atoms. The number of hydrogen-bond acceptors (Lipinski definition) is 7. The number of aromatic nitrogens is 3. The first-order valence-corrected chi connectivity index (χ1v) is 13.4. The largest absolute Gasteiger partial charge is 0.476 e. The highest BCUT2D eigenvalue weighted by Gasteiger charge is 2.37. The maximum absolute atomic E-state index is 13.1. The Morgan fingerprint density at radius 3 is 2.80 bits per heavy atom. The highest BCUT2D eigenvalue weighted by Crippen LogP contribution is 2.44. The Balaban J connectivity index is 1.34. The molecule has 1 aliphatic heterocycles. The highest BCUT2D eigenvalue weighted by molar-refractivity contribution is 7.90. The maximum atomic E-state index is 13.1. The van der Waals surface area contributed by atoms with Crippen LogP contribution in [0.4, 0.5) is 10.5 Å². The van der Waals surface area contributed by atoms with Crippen molar-refractivity contribution in [3.8, 4) is 5.88 Å². The summed E-state index contributed by atoms with van der Waals surface area (Å²) in [6, 6.07) is -0.823. The van der Waals surface area contributed by atoms with Crippen LogP contribution >= 0.6 is 0 Å². The van der Waals surface area contributed by atoms with Gasteiger partial charge < -0.3 is 15.4 Å². The number of sulfonamides is 1. The SMILES string of the molecule is CC(=O)NCC1COc2c(S(=O)(=O)NC(=O)Nc3c4c(nc5c3CCC5(C)C)CCC4)cnn2C1. The Hall–Kier alpha value is -3.15. The molecule has 0 aromatic carbocycles. The van der Waals surface area contributed by atoms with Crippen LogP contribution in [0, 0.1) is 5.92 Å². The molecule has 0 saturated heterocycles. The number of carbonyl (C=O) groups excluding carboxylic acids is 2. The van der Waals surface area contributed by atoms with E-state index >= 15 is 0 Å². The topological polar surface area (TPSA) is 144 Å². The summed E-state index contributed by atoms with van der Waals surface area (Å²) in [6.07, 6.45) is 5.52. The van der Waals surface area contributed by atoms with Crippen molar-refractivity contribution in [1.29, 1.82) is 0 Å². The van der Waals surface area contributed by atoms with Gasteiger partial charge >= 0.3 is 6.03 Å². The second-order valence-corrected chi connectivity index (χ2v) is 11.8. The average Bonchev–Trinajstić information content (AvgIpc) is 3.49. The molecule has 2 aromatic rings. The molecular formula is C23H30N6O5S. The normalized spacial score (nSPS) is 19.8. The van der Waals surface area contributed by atoms with E-state index in [9.17, 15) is 18.0 Å². The summed E-state index contributed by atoms with van der Waals surface area (Å²) < 4.78 is 35.3. The summed E-state index contributed by atoms with van der Waals surface area (Å²) >= 11 is 0. The molecular weight excluding hydrogens is 472 g/mol. The Kier molecular flexibility index (Phi) is 5.73. The van der Waals surface area contributed by atoms with Gasteiger partial charge in [-0.05, 0) is 43.2 Å². The number of nitrogens with zero attached hydrogens (tertiary/aromatic N) is 3. The number of rotatable bonds is 5. The van der Waals surface area contributed by atoms with Gasteiger partial charge in [0, 0.05) is 30.5 Å². The minimum Gasteiger partial charge on any atom is -0.476 e. The molecule has 3 amide bonds. The van der Waals surface area contributed by atoms with Gasteiger partial charge in [0.15, 0.2) is 4.90 Å². The molecule has 3 aliphatic rings. The van der Waals surface area contributed by atoms with Gasteiger partial charge in [0.25, 0.3) is 10.0 Å². The third-order valence-electron chi connectivity index (χ3n) is 7.01. The number of aryl methyl sites for hydroxylation is 1. The van der Waals surface area contributed by atoms with E-state index in [0.29, 0.717) is 18.8 Å². The first-order chi connectivity index (χ1) is 16.5. The highest BCUT2D eigenvalue weighted by atomic mass is 32.2. The van der Waals surface area contributed by atoms with E-state index in [-0.39, 0.29) is 34.6 Å². The molecule has 11 nitrogen and oxygen atoms in total. The second kappa shape index (κ2) is 8.51. The van der Waals surface area contributed by atoms with Gasteiger partial charge in [-0.1, -0.05) is 13.8 Å². The van der Waals surface area contributed by atoms with Crippen LogP contribution < -0.4 is 20.1 Å². The summed E-state index contributed by atoms with van der Waals surface area (Å²) in [4.78, 5) is 28.8. The molecule has 0 spiro atoms. The smallest absolute Gasteiger partial charge is 0.333 e. The van der Waals surface area contributed by atoms with Gasteiger partial charge in [-0.15, -0.1) is 0 Å². The zero-order valence-corrected chi connectivity index (χ0v) is 20.9.